The molecule has 4 aromatic rings. The summed E-state index contributed by atoms with van der Waals surface area (Å²) in [5.41, 5.74) is 2.68. The minimum Gasteiger partial charge on any atom is -0.496 e. The second kappa shape index (κ2) is 8.51. The Balaban J connectivity index is 1.89. The molecule has 1 heterocycles. The molecule has 1 aromatic heterocycles. The highest BCUT2D eigenvalue weighted by molar-refractivity contribution is 7.22. The van der Waals surface area contributed by atoms with Crippen LogP contribution in [-0.2, 0) is 4.79 Å². The van der Waals surface area contributed by atoms with E-state index in [2.05, 4.69) is 18.2 Å². The fourth-order valence-electron chi connectivity index (χ4n) is 3.35. The van der Waals surface area contributed by atoms with E-state index >= 15 is 0 Å². The van der Waals surface area contributed by atoms with Gasteiger partial charge in [0.2, 0.25) is 0 Å². The van der Waals surface area contributed by atoms with Gasteiger partial charge in [-0.05, 0) is 47.4 Å². The molecule has 150 valence electrons. The SMILES string of the molecule is COc1cc(OC)c(-c2cc3ccccc3s2)cc1C(C=O)=Cc1ccc(F)cc1. The number of benzene rings is 3. The average molecular weight is 418 g/mol. The molecule has 0 spiro atoms. The summed E-state index contributed by atoms with van der Waals surface area (Å²) in [4.78, 5) is 13.0. The van der Waals surface area contributed by atoms with Crippen molar-refractivity contribution in [3.63, 3.8) is 0 Å². The number of carbonyl (C=O) groups excluding carboxylic acids is 1. The second-order valence-corrected chi connectivity index (χ2v) is 7.75. The van der Waals surface area contributed by atoms with Crippen molar-refractivity contribution in [2.24, 2.45) is 0 Å². The molecular formula is C25H19FO3S. The lowest BCUT2D eigenvalue weighted by Crippen LogP contribution is -1.97. The maximum Gasteiger partial charge on any atom is 0.150 e. The molecule has 0 aliphatic carbocycles. The van der Waals surface area contributed by atoms with Crippen LogP contribution in [0.2, 0.25) is 0 Å². The summed E-state index contributed by atoms with van der Waals surface area (Å²) in [6, 6.07) is 19.9. The molecule has 30 heavy (non-hydrogen) atoms. The van der Waals surface area contributed by atoms with Crippen LogP contribution in [0.15, 0.2) is 66.7 Å². The van der Waals surface area contributed by atoms with Gasteiger partial charge >= 0.3 is 0 Å². The zero-order valence-corrected chi connectivity index (χ0v) is 17.3. The van der Waals surface area contributed by atoms with Gasteiger partial charge in [0, 0.05) is 32.3 Å². The first-order chi connectivity index (χ1) is 14.6. The van der Waals surface area contributed by atoms with Gasteiger partial charge in [-0.15, -0.1) is 11.3 Å². The Morgan fingerprint density at radius 2 is 1.67 bits per heavy atom. The summed E-state index contributed by atoms with van der Waals surface area (Å²) < 4.78 is 25.6. The first kappa shape index (κ1) is 19.9. The Labute approximate surface area is 178 Å². The first-order valence-electron chi connectivity index (χ1n) is 9.30. The van der Waals surface area contributed by atoms with Crippen molar-refractivity contribution < 1.29 is 18.7 Å². The van der Waals surface area contributed by atoms with E-state index in [0.717, 1.165) is 27.7 Å². The summed E-state index contributed by atoms with van der Waals surface area (Å²) in [6.07, 6.45) is 2.49. The quantitative estimate of drug-likeness (QED) is 0.205. The standard InChI is InChI=1S/C25H19FO3S/c1-28-22-14-23(29-2)21(25-12-17-5-3-4-6-24(17)30-25)13-20(22)18(15-27)11-16-7-9-19(26)10-8-16/h3-15H,1-2H3. The molecule has 0 atom stereocenters. The van der Waals surface area contributed by atoms with Crippen molar-refractivity contribution >= 4 is 39.4 Å². The molecule has 0 amide bonds. The summed E-state index contributed by atoms with van der Waals surface area (Å²) in [5.74, 6) is 0.861. The Kier molecular flexibility index (Phi) is 5.63. The highest BCUT2D eigenvalue weighted by Crippen LogP contribution is 2.43. The number of halogens is 1. The van der Waals surface area contributed by atoms with Crippen LogP contribution in [0.3, 0.4) is 0 Å². The number of aldehydes is 1. The topological polar surface area (TPSA) is 35.5 Å². The molecule has 0 aliphatic heterocycles. The lowest BCUT2D eigenvalue weighted by molar-refractivity contribution is -0.103. The number of methoxy groups -OCH3 is 2. The van der Waals surface area contributed by atoms with Crippen molar-refractivity contribution in [1.29, 1.82) is 0 Å². The lowest BCUT2D eigenvalue weighted by Gasteiger charge is -2.14. The lowest BCUT2D eigenvalue weighted by atomic mass is 9.99. The molecule has 0 fully saturated rings. The van der Waals surface area contributed by atoms with Crippen LogP contribution in [-0.4, -0.2) is 20.5 Å². The average Bonchev–Trinajstić information content (AvgIpc) is 3.22. The third kappa shape index (κ3) is 3.84. The molecule has 3 aromatic carbocycles. The van der Waals surface area contributed by atoms with E-state index in [-0.39, 0.29) is 5.82 Å². The minimum absolute atomic E-state index is 0.325. The predicted molar refractivity (Wildman–Crippen MR) is 121 cm³/mol. The first-order valence-corrected chi connectivity index (χ1v) is 10.1. The van der Waals surface area contributed by atoms with Gasteiger partial charge in [0.05, 0.1) is 14.2 Å². The van der Waals surface area contributed by atoms with Crippen LogP contribution < -0.4 is 9.47 Å². The Bertz CT molecular complexity index is 1210. The van der Waals surface area contributed by atoms with E-state index in [1.807, 2.05) is 18.2 Å². The maximum absolute atomic E-state index is 13.2. The molecular weight excluding hydrogens is 399 g/mol. The van der Waals surface area contributed by atoms with Gasteiger partial charge in [0.15, 0.2) is 6.29 Å². The van der Waals surface area contributed by atoms with Crippen molar-refractivity contribution in [3.05, 3.63) is 83.7 Å². The number of ether oxygens (including phenoxy) is 2. The number of carbonyl (C=O) groups is 1. The molecule has 0 radical (unpaired) electrons. The number of fused-ring (bicyclic) bond motifs is 1. The highest BCUT2D eigenvalue weighted by atomic mass is 32.1. The third-order valence-electron chi connectivity index (χ3n) is 4.84. The van der Waals surface area contributed by atoms with Crippen LogP contribution in [0.4, 0.5) is 4.39 Å². The molecule has 0 saturated heterocycles. The van der Waals surface area contributed by atoms with Crippen molar-refractivity contribution in [2.45, 2.75) is 0 Å². The number of rotatable bonds is 6. The number of hydrogen-bond acceptors (Lipinski definition) is 4. The molecule has 0 bridgehead atoms. The van der Waals surface area contributed by atoms with E-state index in [0.29, 0.717) is 22.6 Å². The normalized spacial score (nSPS) is 11.5. The monoisotopic (exact) mass is 418 g/mol. The summed E-state index contributed by atoms with van der Waals surface area (Å²) >= 11 is 1.66. The molecule has 0 saturated carbocycles. The van der Waals surface area contributed by atoms with Crippen molar-refractivity contribution in [3.8, 4) is 21.9 Å². The second-order valence-electron chi connectivity index (χ2n) is 6.67. The van der Waals surface area contributed by atoms with Gasteiger partial charge in [-0.25, -0.2) is 4.39 Å². The fourth-order valence-corrected chi connectivity index (χ4v) is 4.43. The van der Waals surface area contributed by atoms with E-state index < -0.39 is 0 Å². The molecule has 5 heteroatoms. The van der Waals surface area contributed by atoms with Gasteiger partial charge in [0.1, 0.15) is 17.3 Å². The predicted octanol–water partition coefficient (Wildman–Crippen LogP) is 6.46. The van der Waals surface area contributed by atoms with Gasteiger partial charge < -0.3 is 9.47 Å². The molecule has 3 nitrogen and oxygen atoms in total. The zero-order valence-electron chi connectivity index (χ0n) is 16.5. The maximum atomic E-state index is 13.2. The van der Waals surface area contributed by atoms with Crippen LogP contribution in [0.5, 0.6) is 11.5 Å². The number of hydrogen-bond donors (Lipinski definition) is 0. The van der Waals surface area contributed by atoms with Gasteiger partial charge in [0.25, 0.3) is 0 Å². The molecule has 0 unspecified atom stereocenters. The van der Waals surface area contributed by atoms with Crippen LogP contribution >= 0.6 is 11.3 Å². The van der Waals surface area contributed by atoms with Gasteiger partial charge in [-0.2, -0.15) is 0 Å². The van der Waals surface area contributed by atoms with E-state index in [9.17, 15) is 9.18 Å². The highest BCUT2D eigenvalue weighted by Gasteiger charge is 2.17. The van der Waals surface area contributed by atoms with E-state index in [4.69, 9.17) is 9.47 Å². The fraction of sp³-hybridized carbons (Fsp3) is 0.0800. The minimum atomic E-state index is -0.325. The summed E-state index contributed by atoms with van der Waals surface area (Å²) in [7, 11) is 3.16. The molecule has 0 N–H and O–H groups in total. The van der Waals surface area contributed by atoms with Crippen molar-refractivity contribution in [1.82, 2.24) is 0 Å². The third-order valence-corrected chi connectivity index (χ3v) is 5.99. The number of thiophene rings is 1. The van der Waals surface area contributed by atoms with Crippen molar-refractivity contribution in [2.75, 3.05) is 14.2 Å². The van der Waals surface area contributed by atoms with Crippen LogP contribution in [0.25, 0.3) is 32.2 Å². The van der Waals surface area contributed by atoms with E-state index in [1.54, 1.807) is 49.8 Å². The van der Waals surface area contributed by atoms with E-state index in [1.165, 1.54) is 16.8 Å². The van der Waals surface area contributed by atoms with Gasteiger partial charge in [-0.3, -0.25) is 4.79 Å². The summed E-state index contributed by atoms with van der Waals surface area (Å²) in [6.45, 7) is 0. The van der Waals surface area contributed by atoms with Crippen LogP contribution in [0, 0.1) is 5.82 Å². The Morgan fingerprint density at radius 3 is 2.33 bits per heavy atom. The smallest absolute Gasteiger partial charge is 0.150 e. The largest absolute Gasteiger partial charge is 0.496 e. The zero-order chi connectivity index (χ0) is 21.1. The Hall–Kier alpha value is -3.44. The van der Waals surface area contributed by atoms with Gasteiger partial charge in [-0.1, -0.05) is 30.3 Å². The molecule has 0 aliphatic rings. The summed E-state index contributed by atoms with van der Waals surface area (Å²) in [5, 5.41) is 1.15. The number of allylic oxidation sites excluding steroid dienone is 1. The molecule has 4 rings (SSSR count). The van der Waals surface area contributed by atoms with Crippen LogP contribution in [0.1, 0.15) is 11.1 Å². The Morgan fingerprint density at radius 1 is 0.933 bits per heavy atom.